The lowest BCUT2D eigenvalue weighted by Crippen LogP contribution is -2.59. The van der Waals surface area contributed by atoms with Crippen molar-refractivity contribution in [1.82, 2.24) is 20.2 Å². The third kappa shape index (κ3) is 8.15. The Morgan fingerprint density at radius 1 is 0.880 bits per heavy atom. The van der Waals surface area contributed by atoms with Gasteiger partial charge in [-0.25, -0.2) is 9.97 Å². The molecule has 6 rings (SSSR count). The van der Waals surface area contributed by atoms with Gasteiger partial charge in [0.05, 0.1) is 17.9 Å². The van der Waals surface area contributed by atoms with Crippen molar-refractivity contribution in [2.75, 3.05) is 20.2 Å². The van der Waals surface area contributed by atoms with Gasteiger partial charge in [-0.05, 0) is 71.8 Å². The van der Waals surface area contributed by atoms with Crippen molar-refractivity contribution in [1.29, 1.82) is 0 Å². The van der Waals surface area contributed by atoms with Crippen LogP contribution in [0.3, 0.4) is 0 Å². The molecule has 3 heterocycles. The van der Waals surface area contributed by atoms with Crippen LogP contribution in [0.25, 0.3) is 22.5 Å². The number of likely N-dealkylation sites (tertiary alicyclic amines) is 1. The maximum Gasteiger partial charge on any atom is 0.312 e. The van der Waals surface area contributed by atoms with Gasteiger partial charge in [-0.2, -0.15) is 0 Å². The fraction of sp³-hybridized carbons (Fsp3) is 0.439. The Bertz CT molecular complexity index is 1780. The number of nitrogens with zero attached hydrogens (tertiary/aromatic N) is 3. The first kappa shape index (κ1) is 35.5. The summed E-state index contributed by atoms with van der Waals surface area (Å²) in [5.41, 5.74) is 5.18. The molecule has 2 fully saturated rings. The Kier molecular flexibility index (Phi) is 10.8. The number of esters is 1. The van der Waals surface area contributed by atoms with Crippen molar-refractivity contribution in [2.45, 2.75) is 83.6 Å². The van der Waals surface area contributed by atoms with Crippen LogP contribution in [0, 0.1) is 11.8 Å². The molecule has 2 aromatic heterocycles. The van der Waals surface area contributed by atoms with E-state index in [2.05, 4.69) is 67.2 Å². The molecular formula is C41H48N4O4S. The van der Waals surface area contributed by atoms with Crippen LogP contribution in [0.4, 0.5) is 0 Å². The van der Waals surface area contributed by atoms with E-state index in [1.54, 1.807) is 4.90 Å². The summed E-state index contributed by atoms with van der Waals surface area (Å²) in [6.45, 7) is 9.18. The van der Waals surface area contributed by atoms with Crippen molar-refractivity contribution in [2.24, 2.45) is 11.8 Å². The topological polar surface area (TPSA) is 101 Å². The third-order valence-electron chi connectivity index (χ3n) is 10.3. The molecule has 8 nitrogen and oxygen atoms in total. The molecule has 50 heavy (non-hydrogen) atoms. The Hall–Kier alpha value is -4.37. The van der Waals surface area contributed by atoms with Crippen molar-refractivity contribution in [3.05, 3.63) is 93.9 Å². The molecule has 262 valence electrons. The lowest BCUT2D eigenvalue weighted by molar-refractivity contribution is -0.156. The molecule has 0 spiro atoms. The number of carbonyl (C=O) groups excluding carboxylic acids is 3. The van der Waals surface area contributed by atoms with Gasteiger partial charge in [0.2, 0.25) is 5.91 Å². The van der Waals surface area contributed by atoms with Crippen LogP contribution in [0.15, 0.2) is 73.1 Å². The van der Waals surface area contributed by atoms with Crippen LogP contribution < -0.4 is 5.32 Å². The number of hydrogen-bond donors (Lipinski definition) is 1. The third-order valence-corrected chi connectivity index (χ3v) is 11.9. The minimum Gasteiger partial charge on any atom is -0.469 e. The van der Waals surface area contributed by atoms with E-state index in [9.17, 15) is 14.4 Å². The molecule has 0 unspecified atom stereocenters. The number of benzene rings is 2. The van der Waals surface area contributed by atoms with E-state index in [1.807, 2.05) is 48.8 Å². The Morgan fingerprint density at radius 2 is 1.52 bits per heavy atom. The van der Waals surface area contributed by atoms with Gasteiger partial charge in [0.15, 0.2) is 5.82 Å². The van der Waals surface area contributed by atoms with E-state index in [1.165, 1.54) is 56.1 Å². The standard InChI is InChI=1S/C41H48N4O4S/c1-6-26-7-11-28(12-8-26)29-15-17-30(18-16-29)32-22-42-37(43-23-32)31-13-9-27(10-14-31)21-34(39(47)45-24-33(25-45)40(48)49-5)44-38(46)35-19-20-36(50-35)41(2,3)4/h9-10,13-20,22-23,26,28,33-34H,6-8,11-12,21,24-25H2,1-5H3,(H,44,46)/t26?,28?,34-/m0/s1. The van der Waals surface area contributed by atoms with Gasteiger partial charge >= 0.3 is 5.97 Å². The fourth-order valence-electron chi connectivity index (χ4n) is 6.99. The number of hydrogen-bond acceptors (Lipinski definition) is 7. The maximum absolute atomic E-state index is 13.6. The summed E-state index contributed by atoms with van der Waals surface area (Å²) in [5, 5.41) is 2.99. The van der Waals surface area contributed by atoms with Crippen LogP contribution in [0.5, 0.6) is 0 Å². The molecule has 1 atom stereocenters. The highest BCUT2D eigenvalue weighted by atomic mass is 32.1. The van der Waals surface area contributed by atoms with Crippen LogP contribution in [-0.2, 0) is 26.2 Å². The molecular weight excluding hydrogens is 645 g/mol. The monoisotopic (exact) mass is 692 g/mol. The van der Waals surface area contributed by atoms with Gasteiger partial charge in [-0.15, -0.1) is 11.3 Å². The smallest absolute Gasteiger partial charge is 0.312 e. The van der Waals surface area contributed by atoms with Gasteiger partial charge in [-0.1, -0.05) is 82.6 Å². The molecule has 4 aromatic rings. The Morgan fingerprint density at radius 3 is 2.10 bits per heavy atom. The maximum atomic E-state index is 13.6. The van der Waals surface area contributed by atoms with Crippen LogP contribution in [-0.4, -0.2) is 58.9 Å². The van der Waals surface area contributed by atoms with Gasteiger partial charge in [0.25, 0.3) is 5.91 Å². The molecule has 1 aliphatic carbocycles. The molecule has 0 radical (unpaired) electrons. The molecule has 1 saturated carbocycles. The normalized spacial score (nSPS) is 18.6. The van der Waals surface area contributed by atoms with Crippen LogP contribution >= 0.6 is 11.3 Å². The highest BCUT2D eigenvalue weighted by molar-refractivity contribution is 7.14. The highest BCUT2D eigenvalue weighted by Crippen LogP contribution is 2.37. The zero-order valence-electron chi connectivity index (χ0n) is 29.8. The molecule has 2 amide bonds. The summed E-state index contributed by atoms with van der Waals surface area (Å²) in [4.78, 5) is 51.5. The summed E-state index contributed by atoms with van der Waals surface area (Å²) in [6, 6.07) is 19.7. The van der Waals surface area contributed by atoms with Crippen molar-refractivity contribution >= 4 is 29.1 Å². The summed E-state index contributed by atoms with van der Waals surface area (Å²) in [7, 11) is 1.35. The van der Waals surface area contributed by atoms with Crippen LogP contribution in [0.2, 0.25) is 0 Å². The van der Waals surface area contributed by atoms with E-state index in [0.29, 0.717) is 23.0 Å². The molecule has 1 N–H and O–H groups in total. The predicted molar refractivity (Wildman–Crippen MR) is 198 cm³/mol. The second-order valence-corrected chi connectivity index (χ2v) is 15.9. The first-order valence-corrected chi connectivity index (χ1v) is 18.6. The molecule has 1 saturated heterocycles. The second kappa shape index (κ2) is 15.3. The van der Waals surface area contributed by atoms with Gasteiger partial charge in [-0.3, -0.25) is 14.4 Å². The second-order valence-electron chi connectivity index (χ2n) is 14.8. The fourth-order valence-corrected chi connectivity index (χ4v) is 7.96. The summed E-state index contributed by atoms with van der Waals surface area (Å²) in [5.74, 6) is 1.00. The average molecular weight is 693 g/mol. The predicted octanol–water partition coefficient (Wildman–Crippen LogP) is 7.83. The van der Waals surface area contributed by atoms with Crippen molar-refractivity contribution in [3.8, 4) is 22.5 Å². The Balaban J connectivity index is 1.11. The minimum atomic E-state index is -0.791. The summed E-state index contributed by atoms with van der Waals surface area (Å²) < 4.78 is 4.84. The van der Waals surface area contributed by atoms with Gasteiger partial charge in [0, 0.05) is 47.9 Å². The molecule has 9 heteroatoms. The van der Waals surface area contributed by atoms with E-state index in [0.717, 1.165) is 33.0 Å². The lowest BCUT2D eigenvalue weighted by atomic mass is 9.78. The molecule has 1 aliphatic heterocycles. The summed E-state index contributed by atoms with van der Waals surface area (Å²) in [6.07, 6.45) is 10.6. The number of nitrogens with one attached hydrogen (secondary N) is 1. The van der Waals surface area contributed by atoms with Crippen molar-refractivity contribution < 1.29 is 19.1 Å². The number of carbonyl (C=O) groups is 3. The number of amides is 2. The molecule has 0 bridgehead atoms. The van der Waals surface area contributed by atoms with E-state index < -0.39 is 6.04 Å². The highest BCUT2D eigenvalue weighted by Gasteiger charge is 2.39. The average Bonchev–Trinajstić information content (AvgIpc) is 3.63. The van der Waals surface area contributed by atoms with Crippen LogP contribution in [0.1, 0.15) is 91.4 Å². The first-order valence-electron chi connectivity index (χ1n) is 17.8. The minimum absolute atomic E-state index is 0.0801. The number of aromatic nitrogens is 2. The molecule has 2 aromatic carbocycles. The number of methoxy groups -OCH3 is 1. The van der Waals surface area contributed by atoms with Gasteiger partial charge in [0.1, 0.15) is 6.04 Å². The Labute approximate surface area is 299 Å². The summed E-state index contributed by atoms with van der Waals surface area (Å²) >= 11 is 1.44. The number of thiophene rings is 1. The largest absolute Gasteiger partial charge is 0.469 e. The quantitative estimate of drug-likeness (QED) is 0.170. The van der Waals surface area contributed by atoms with E-state index >= 15 is 0 Å². The lowest BCUT2D eigenvalue weighted by Gasteiger charge is -2.39. The van der Waals surface area contributed by atoms with E-state index in [4.69, 9.17) is 4.74 Å². The van der Waals surface area contributed by atoms with Crippen molar-refractivity contribution in [3.63, 3.8) is 0 Å². The number of rotatable bonds is 10. The number of ether oxygens (including phenoxy) is 1. The SMILES string of the molecule is CCC1CCC(c2ccc(-c3cnc(-c4ccc(C[C@H](NC(=O)c5ccc(C(C)(C)C)s5)C(=O)N5CC(C(=O)OC)C5)cc4)nc3)cc2)CC1. The molecule has 2 aliphatic rings. The van der Waals surface area contributed by atoms with Gasteiger partial charge < -0.3 is 15.0 Å². The zero-order valence-corrected chi connectivity index (χ0v) is 30.6. The first-order chi connectivity index (χ1) is 24.0. The zero-order chi connectivity index (χ0) is 35.4. The van der Waals surface area contributed by atoms with E-state index in [-0.39, 0.29) is 42.2 Å².